The molecule has 0 unspecified atom stereocenters. The number of nitrogens with zero attached hydrogens (tertiary/aromatic N) is 1. The molecular weight excluding hydrogens is 351 g/mol. The van der Waals surface area contributed by atoms with E-state index >= 15 is 0 Å². The largest absolute Gasteiger partial charge is 0.399 e. The molecule has 0 saturated carbocycles. The third-order valence-electron chi connectivity index (χ3n) is 3.09. The van der Waals surface area contributed by atoms with Crippen molar-refractivity contribution in [2.45, 2.75) is 6.42 Å². The van der Waals surface area contributed by atoms with E-state index in [0.29, 0.717) is 4.47 Å². The maximum atomic E-state index is 13.1. The van der Waals surface area contributed by atoms with Gasteiger partial charge in [0.25, 0.3) is 0 Å². The van der Waals surface area contributed by atoms with Crippen LogP contribution >= 0.6 is 27.3 Å². The number of nitrogen functional groups attached to an aromatic ring is 1. The zero-order valence-electron chi connectivity index (χ0n) is 11.0. The number of hydrogen-bond acceptors (Lipinski definition) is 3. The van der Waals surface area contributed by atoms with Crippen molar-refractivity contribution < 1.29 is 4.39 Å². The Morgan fingerprint density at radius 3 is 2.62 bits per heavy atom. The maximum Gasteiger partial charge on any atom is 0.124 e. The van der Waals surface area contributed by atoms with Crippen molar-refractivity contribution in [2.24, 2.45) is 0 Å². The lowest BCUT2D eigenvalue weighted by molar-refractivity contribution is 0.627. The predicted octanol–water partition coefficient (Wildman–Crippen LogP) is 4.88. The molecule has 3 rings (SSSR count). The minimum Gasteiger partial charge on any atom is -0.399 e. The number of nitrogens with two attached hydrogens (primary N) is 1. The van der Waals surface area contributed by atoms with E-state index in [1.54, 1.807) is 17.4 Å². The number of benzene rings is 2. The van der Waals surface area contributed by atoms with Crippen LogP contribution in [0.4, 0.5) is 10.1 Å². The molecule has 2 aromatic carbocycles. The Morgan fingerprint density at radius 1 is 1.14 bits per heavy atom. The van der Waals surface area contributed by atoms with E-state index in [1.165, 1.54) is 17.7 Å². The van der Waals surface area contributed by atoms with Gasteiger partial charge < -0.3 is 5.73 Å². The van der Waals surface area contributed by atoms with Crippen LogP contribution in [0.5, 0.6) is 0 Å². The van der Waals surface area contributed by atoms with Gasteiger partial charge in [-0.2, -0.15) is 0 Å². The average Bonchev–Trinajstić information content (AvgIpc) is 2.90. The summed E-state index contributed by atoms with van der Waals surface area (Å²) in [6.45, 7) is 0. The van der Waals surface area contributed by atoms with Crippen LogP contribution in [0.3, 0.4) is 0 Å². The first-order valence-corrected chi connectivity index (χ1v) is 8.03. The van der Waals surface area contributed by atoms with Crippen LogP contribution < -0.4 is 5.73 Å². The van der Waals surface area contributed by atoms with E-state index < -0.39 is 0 Å². The first-order valence-electron chi connectivity index (χ1n) is 6.36. The molecule has 0 amide bonds. The number of rotatable bonds is 3. The molecule has 0 bridgehead atoms. The molecule has 2 nitrogen and oxygen atoms in total. The molecular formula is C16H12BrFN2S. The Labute approximate surface area is 134 Å². The van der Waals surface area contributed by atoms with Crippen LogP contribution in [0.25, 0.3) is 11.3 Å². The fourth-order valence-corrected chi connectivity index (χ4v) is 3.41. The van der Waals surface area contributed by atoms with Gasteiger partial charge in [-0.1, -0.05) is 12.1 Å². The normalized spacial score (nSPS) is 10.8. The molecule has 21 heavy (non-hydrogen) atoms. The van der Waals surface area contributed by atoms with Crippen LogP contribution in [0.1, 0.15) is 10.6 Å². The Hall–Kier alpha value is -1.72. The Kier molecular flexibility index (Phi) is 4.03. The summed E-state index contributed by atoms with van der Waals surface area (Å²) in [5.41, 5.74) is 9.37. The zero-order chi connectivity index (χ0) is 14.8. The van der Waals surface area contributed by atoms with Crippen LogP contribution in [0, 0.1) is 5.82 Å². The molecule has 0 fully saturated rings. The van der Waals surface area contributed by atoms with Crippen LogP contribution in [0.2, 0.25) is 0 Å². The lowest BCUT2D eigenvalue weighted by Gasteiger charge is -2.01. The smallest absolute Gasteiger partial charge is 0.124 e. The second-order valence-corrected chi connectivity index (χ2v) is 6.47. The highest BCUT2D eigenvalue weighted by Gasteiger charge is 2.09. The first-order chi connectivity index (χ1) is 10.1. The van der Waals surface area contributed by atoms with E-state index in [1.807, 2.05) is 29.6 Å². The molecule has 0 radical (unpaired) electrons. The highest BCUT2D eigenvalue weighted by atomic mass is 79.9. The highest BCUT2D eigenvalue weighted by molar-refractivity contribution is 9.10. The number of hydrogen-bond donors (Lipinski definition) is 1. The second-order valence-electron chi connectivity index (χ2n) is 4.67. The van der Waals surface area contributed by atoms with Gasteiger partial charge in [0, 0.05) is 27.5 Å². The zero-order valence-corrected chi connectivity index (χ0v) is 13.4. The molecule has 106 valence electrons. The Balaban J connectivity index is 1.84. The predicted molar refractivity (Wildman–Crippen MR) is 88.9 cm³/mol. The maximum absolute atomic E-state index is 13.1. The summed E-state index contributed by atoms with van der Waals surface area (Å²) in [5.74, 6) is -0.261. The van der Waals surface area contributed by atoms with Crippen molar-refractivity contribution in [3.8, 4) is 11.3 Å². The van der Waals surface area contributed by atoms with E-state index in [4.69, 9.17) is 5.73 Å². The molecule has 3 aromatic rings. The van der Waals surface area contributed by atoms with Crippen molar-refractivity contribution >= 4 is 33.0 Å². The number of halogens is 2. The average molecular weight is 363 g/mol. The minimum atomic E-state index is -0.261. The quantitative estimate of drug-likeness (QED) is 0.674. The van der Waals surface area contributed by atoms with Gasteiger partial charge in [-0.25, -0.2) is 9.37 Å². The molecule has 0 aliphatic carbocycles. The standard InChI is InChI=1S/C16H12BrFN2S/c17-14-8-11(18)3-6-13(14)15-9-21-16(20-15)7-10-1-4-12(19)5-2-10/h1-6,8-9H,7,19H2. The number of thiazole rings is 1. The van der Waals surface area contributed by atoms with Crippen LogP contribution in [0.15, 0.2) is 52.3 Å². The molecule has 2 N–H and O–H groups in total. The van der Waals surface area contributed by atoms with Gasteiger partial charge in [0.15, 0.2) is 0 Å². The van der Waals surface area contributed by atoms with E-state index in [2.05, 4.69) is 20.9 Å². The SMILES string of the molecule is Nc1ccc(Cc2nc(-c3ccc(F)cc3Br)cs2)cc1. The van der Waals surface area contributed by atoms with Gasteiger partial charge in [-0.05, 0) is 51.8 Å². The Bertz CT molecular complexity index is 768. The molecule has 1 heterocycles. The Morgan fingerprint density at radius 2 is 1.90 bits per heavy atom. The summed E-state index contributed by atoms with van der Waals surface area (Å²) in [5, 5.41) is 3.01. The molecule has 0 saturated heterocycles. The summed E-state index contributed by atoms with van der Waals surface area (Å²) in [4.78, 5) is 4.62. The van der Waals surface area contributed by atoms with Crippen LogP contribution in [-0.4, -0.2) is 4.98 Å². The van der Waals surface area contributed by atoms with E-state index in [-0.39, 0.29) is 5.82 Å². The first kappa shape index (κ1) is 14.2. The number of anilines is 1. The molecule has 0 aliphatic rings. The molecule has 1 aromatic heterocycles. The topological polar surface area (TPSA) is 38.9 Å². The monoisotopic (exact) mass is 362 g/mol. The molecule has 0 aliphatic heterocycles. The van der Waals surface area contributed by atoms with Gasteiger partial charge in [0.2, 0.25) is 0 Å². The fourth-order valence-electron chi connectivity index (χ4n) is 2.02. The van der Waals surface area contributed by atoms with Crippen LogP contribution in [-0.2, 0) is 6.42 Å². The third-order valence-corrected chi connectivity index (χ3v) is 4.60. The lowest BCUT2D eigenvalue weighted by atomic mass is 10.1. The van der Waals surface area contributed by atoms with Gasteiger partial charge in [0.1, 0.15) is 5.82 Å². The second kappa shape index (κ2) is 5.95. The van der Waals surface area contributed by atoms with E-state index in [9.17, 15) is 4.39 Å². The fraction of sp³-hybridized carbons (Fsp3) is 0.0625. The van der Waals surface area contributed by atoms with Crippen molar-refractivity contribution in [3.05, 3.63) is 68.7 Å². The highest BCUT2D eigenvalue weighted by Crippen LogP contribution is 2.30. The minimum absolute atomic E-state index is 0.261. The summed E-state index contributed by atoms with van der Waals surface area (Å²) >= 11 is 4.98. The van der Waals surface area contributed by atoms with Crippen molar-refractivity contribution in [2.75, 3.05) is 5.73 Å². The molecule has 0 spiro atoms. The summed E-state index contributed by atoms with van der Waals surface area (Å²) in [7, 11) is 0. The van der Waals surface area contributed by atoms with Crippen molar-refractivity contribution in [1.29, 1.82) is 0 Å². The van der Waals surface area contributed by atoms with Gasteiger partial charge >= 0.3 is 0 Å². The summed E-state index contributed by atoms with van der Waals surface area (Å²) in [6.07, 6.45) is 0.768. The van der Waals surface area contributed by atoms with Gasteiger partial charge in [-0.3, -0.25) is 0 Å². The lowest BCUT2D eigenvalue weighted by Crippen LogP contribution is -1.90. The third kappa shape index (κ3) is 3.31. The molecule has 0 atom stereocenters. The summed E-state index contributed by atoms with van der Waals surface area (Å²) in [6, 6.07) is 12.4. The molecule has 5 heteroatoms. The van der Waals surface area contributed by atoms with Gasteiger partial charge in [-0.15, -0.1) is 11.3 Å². The van der Waals surface area contributed by atoms with Crippen molar-refractivity contribution in [3.63, 3.8) is 0 Å². The van der Waals surface area contributed by atoms with E-state index in [0.717, 1.165) is 28.4 Å². The van der Waals surface area contributed by atoms with Gasteiger partial charge in [0.05, 0.1) is 10.7 Å². The summed E-state index contributed by atoms with van der Waals surface area (Å²) < 4.78 is 13.8. The van der Waals surface area contributed by atoms with Crippen molar-refractivity contribution in [1.82, 2.24) is 4.98 Å². The number of aromatic nitrogens is 1.